The molecule has 1 fully saturated rings. The van der Waals surface area contributed by atoms with E-state index in [9.17, 15) is 13.2 Å². The Bertz CT molecular complexity index is 328. The number of amides is 1. The summed E-state index contributed by atoms with van der Waals surface area (Å²) in [5.41, 5.74) is 0. The minimum atomic E-state index is -4.41. The van der Waals surface area contributed by atoms with Crippen LogP contribution >= 0.6 is 12.6 Å². The SMILES string of the molecule is O=C1CC(CS)CN1CCOS(=O)(=O)O. The maximum atomic E-state index is 11.3. The molecule has 1 aliphatic rings. The molecule has 1 saturated heterocycles. The molecule has 1 N–H and O–H groups in total. The predicted molar refractivity (Wildman–Crippen MR) is 56.0 cm³/mol. The summed E-state index contributed by atoms with van der Waals surface area (Å²) >= 11 is 4.09. The quantitative estimate of drug-likeness (QED) is 0.515. The van der Waals surface area contributed by atoms with Gasteiger partial charge in [-0.15, -0.1) is 0 Å². The zero-order valence-corrected chi connectivity index (χ0v) is 9.71. The van der Waals surface area contributed by atoms with Crippen molar-refractivity contribution in [1.82, 2.24) is 4.90 Å². The molecular formula is C7H13NO5S2. The molecule has 1 amide bonds. The third-order valence-electron chi connectivity index (χ3n) is 2.15. The van der Waals surface area contributed by atoms with Crippen LogP contribution in [0.15, 0.2) is 0 Å². The summed E-state index contributed by atoms with van der Waals surface area (Å²) in [6.07, 6.45) is 0.440. The maximum Gasteiger partial charge on any atom is 0.397 e. The summed E-state index contributed by atoms with van der Waals surface area (Å²) < 4.78 is 32.9. The molecular weight excluding hydrogens is 242 g/mol. The lowest BCUT2D eigenvalue weighted by Crippen LogP contribution is -2.29. The van der Waals surface area contributed by atoms with E-state index in [1.54, 1.807) is 0 Å². The number of likely N-dealkylation sites (tertiary alicyclic amines) is 1. The van der Waals surface area contributed by atoms with E-state index >= 15 is 0 Å². The molecule has 0 saturated carbocycles. The van der Waals surface area contributed by atoms with Crippen LogP contribution in [0.2, 0.25) is 0 Å². The Kier molecular flexibility index (Phi) is 4.38. The second kappa shape index (κ2) is 5.15. The van der Waals surface area contributed by atoms with Crippen LogP contribution in [0, 0.1) is 5.92 Å². The van der Waals surface area contributed by atoms with E-state index in [1.807, 2.05) is 0 Å². The maximum absolute atomic E-state index is 11.3. The van der Waals surface area contributed by atoms with Gasteiger partial charge in [-0.25, -0.2) is 4.18 Å². The van der Waals surface area contributed by atoms with Crippen molar-refractivity contribution in [3.8, 4) is 0 Å². The molecule has 6 nitrogen and oxygen atoms in total. The molecule has 1 aliphatic heterocycles. The molecule has 0 aliphatic carbocycles. The number of nitrogens with zero attached hydrogens (tertiary/aromatic N) is 1. The first-order chi connectivity index (χ1) is 6.92. The van der Waals surface area contributed by atoms with E-state index < -0.39 is 10.4 Å². The Balaban J connectivity index is 2.31. The standard InChI is InChI=1S/C7H13NO5S2/c9-7-3-6(5-14)4-8(7)1-2-13-15(10,11)12/h6,14H,1-5H2,(H,10,11,12). The first-order valence-corrected chi connectivity index (χ1v) is 6.42. The fourth-order valence-corrected chi connectivity index (χ4v) is 1.97. The normalized spacial score (nSPS) is 22.4. The summed E-state index contributed by atoms with van der Waals surface area (Å²) in [5, 5.41) is 0. The van der Waals surface area contributed by atoms with E-state index in [0.29, 0.717) is 18.7 Å². The van der Waals surface area contributed by atoms with Gasteiger partial charge in [0.2, 0.25) is 5.91 Å². The molecule has 8 heteroatoms. The first kappa shape index (κ1) is 12.8. The monoisotopic (exact) mass is 255 g/mol. The highest BCUT2D eigenvalue weighted by molar-refractivity contribution is 7.80. The topological polar surface area (TPSA) is 83.9 Å². The highest BCUT2D eigenvalue weighted by atomic mass is 32.3. The van der Waals surface area contributed by atoms with Gasteiger partial charge < -0.3 is 4.90 Å². The van der Waals surface area contributed by atoms with Crippen molar-refractivity contribution in [2.24, 2.45) is 5.92 Å². The molecule has 1 atom stereocenters. The van der Waals surface area contributed by atoms with Crippen molar-refractivity contribution in [2.45, 2.75) is 6.42 Å². The molecule has 0 aromatic rings. The molecule has 88 valence electrons. The number of hydrogen-bond acceptors (Lipinski definition) is 5. The molecule has 1 heterocycles. The lowest BCUT2D eigenvalue weighted by molar-refractivity contribution is -0.128. The van der Waals surface area contributed by atoms with E-state index in [-0.39, 0.29) is 25.0 Å². The number of rotatable bonds is 5. The predicted octanol–water partition coefficient (Wildman–Crippen LogP) is -0.416. The first-order valence-electron chi connectivity index (χ1n) is 4.43. The average molecular weight is 255 g/mol. The Morgan fingerprint density at radius 3 is 2.73 bits per heavy atom. The van der Waals surface area contributed by atoms with Crippen LogP contribution in [0.3, 0.4) is 0 Å². The molecule has 0 spiro atoms. The summed E-state index contributed by atoms with van der Waals surface area (Å²) in [5.74, 6) is 0.807. The van der Waals surface area contributed by atoms with Gasteiger partial charge in [-0.2, -0.15) is 21.0 Å². The molecule has 0 aromatic heterocycles. The molecule has 0 bridgehead atoms. The number of hydrogen-bond donors (Lipinski definition) is 2. The zero-order chi connectivity index (χ0) is 11.5. The number of thiol groups is 1. The summed E-state index contributed by atoms with van der Waals surface area (Å²) in [4.78, 5) is 12.8. The van der Waals surface area contributed by atoms with Gasteiger partial charge in [-0.1, -0.05) is 0 Å². The second-order valence-corrected chi connectivity index (χ2v) is 4.80. The summed E-state index contributed by atoms with van der Waals surface area (Å²) in [6, 6.07) is 0. The zero-order valence-electron chi connectivity index (χ0n) is 8.00. The van der Waals surface area contributed by atoms with E-state index in [0.717, 1.165) is 0 Å². The van der Waals surface area contributed by atoms with Gasteiger partial charge in [0.1, 0.15) is 0 Å². The van der Waals surface area contributed by atoms with Crippen LogP contribution in [0.5, 0.6) is 0 Å². The fraction of sp³-hybridized carbons (Fsp3) is 0.857. The number of carbonyl (C=O) groups is 1. The van der Waals surface area contributed by atoms with Crippen LogP contribution in [0.1, 0.15) is 6.42 Å². The van der Waals surface area contributed by atoms with Crippen molar-refractivity contribution in [1.29, 1.82) is 0 Å². The third-order valence-corrected chi connectivity index (χ3v) is 3.13. The Labute approximate surface area is 94.0 Å². The molecule has 1 unspecified atom stereocenters. The second-order valence-electron chi connectivity index (χ2n) is 3.34. The van der Waals surface area contributed by atoms with Crippen LogP contribution in [0.4, 0.5) is 0 Å². The largest absolute Gasteiger partial charge is 0.397 e. The van der Waals surface area contributed by atoms with Crippen LogP contribution in [-0.4, -0.2) is 49.2 Å². The van der Waals surface area contributed by atoms with E-state index in [4.69, 9.17) is 4.55 Å². The van der Waals surface area contributed by atoms with E-state index in [1.165, 1.54) is 4.90 Å². The number of carbonyl (C=O) groups excluding carboxylic acids is 1. The molecule has 1 rings (SSSR count). The third kappa shape index (κ3) is 4.37. The highest BCUT2D eigenvalue weighted by Crippen LogP contribution is 2.18. The average Bonchev–Trinajstić information content (AvgIpc) is 2.45. The van der Waals surface area contributed by atoms with Gasteiger partial charge in [0, 0.05) is 19.5 Å². The Morgan fingerprint density at radius 2 is 2.27 bits per heavy atom. The highest BCUT2D eigenvalue weighted by Gasteiger charge is 2.28. The van der Waals surface area contributed by atoms with Crippen LogP contribution < -0.4 is 0 Å². The van der Waals surface area contributed by atoms with Crippen molar-refractivity contribution >= 4 is 28.9 Å². The van der Waals surface area contributed by atoms with Gasteiger partial charge in [0.05, 0.1) is 6.61 Å². The van der Waals surface area contributed by atoms with Gasteiger partial charge in [0.25, 0.3) is 0 Å². The van der Waals surface area contributed by atoms with Crippen LogP contribution in [-0.2, 0) is 19.4 Å². The van der Waals surface area contributed by atoms with Gasteiger partial charge >= 0.3 is 10.4 Å². The lowest BCUT2D eigenvalue weighted by Gasteiger charge is -2.15. The summed E-state index contributed by atoms with van der Waals surface area (Å²) in [7, 11) is -4.41. The molecule has 15 heavy (non-hydrogen) atoms. The van der Waals surface area contributed by atoms with Crippen molar-refractivity contribution in [2.75, 3.05) is 25.4 Å². The van der Waals surface area contributed by atoms with Crippen LogP contribution in [0.25, 0.3) is 0 Å². The molecule has 0 aromatic carbocycles. The summed E-state index contributed by atoms with van der Waals surface area (Å²) in [6.45, 7) is 0.518. The minimum Gasteiger partial charge on any atom is -0.340 e. The Morgan fingerprint density at radius 1 is 1.60 bits per heavy atom. The van der Waals surface area contributed by atoms with Gasteiger partial charge in [0.15, 0.2) is 0 Å². The van der Waals surface area contributed by atoms with E-state index in [2.05, 4.69) is 16.8 Å². The minimum absolute atomic E-state index is 0.0343. The fourth-order valence-electron chi connectivity index (χ4n) is 1.45. The van der Waals surface area contributed by atoms with Gasteiger partial charge in [-0.3, -0.25) is 9.35 Å². The van der Waals surface area contributed by atoms with Crippen molar-refractivity contribution in [3.63, 3.8) is 0 Å². The Hall–Kier alpha value is -0.310. The smallest absolute Gasteiger partial charge is 0.340 e. The van der Waals surface area contributed by atoms with Crippen molar-refractivity contribution in [3.05, 3.63) is 0 Å². The van der Waals surface area contributed by atoms with Crippen molar-refractivity contribution < 1.29 is 21.9 Å². The molecule has 0 radical (unpaired) electrons. The van der Waals surface area contributed by atoms with Gasteiger partial charge in [-0.05, 0) is 11.7 Å². The lowest BCUT2D eigenvalue weighted by atomic mass is 10.1.